The van der Waals surface area contributed by atoms with Gasteiger partial charge in [-0.3, -0.25) is 4.79 Å². The van der Waals surface area contributed by atoms with Crippen molar-refractivity contribution in [2.75, 3.05) is 5.73 Å². The average Bonchev–Trinajstić information content (AvgIpc) is 2.32. The molecular weight excluding hydrogens is 248 g/mol. The summed E-state index contributed by atoms with van der Waals surface area (Å²) in [6.07, 6.45) is 4.48. The number of rotatable bonds is 2. The molecule has 2 rings (SSSR count). The maximum atomic E-state index is 12.1. The number of halogens is 1. The zero-order valence-electron chi connectivity index (χ0n) is 10.6. The van der Waals surface area contributed by atoms with Crippen LogP contribution in [0.4, 0.5) is 5.69 Å². The van der Waals surface area contributed by atoms with E-state index in [0.29, 0.717) is 16.3 Å². The van der Waals surface area contributed by atoms with Crippen LogP contribution in [0.3, 0.4) is 0 Å². The summed E-state index contributed by atoms with van der Waals surface area (Å²) < 4.78 is 0. The summed E-state index contributed by atoms with van der Waals surface area (Å²) in [7, 11) is 0. The van der Waals surface area contributed by atoms with Crippen LogP contribution in [-0.4, -0.2) is 11.9 Å². The first-order valence-corrected chi connectivity index (χ1v) is 6.80. The number of carbonyl (C=O) groups is 1. The van der Waals surface area contributed by atoms with Crippen molar-refractivity contribution in [1.29, 1.82) is 0 Å². The molecule has 0 aromatic heterocycles. The molecule has 1 aromatic carbocycles. The van der Waals surface area contributed by atoms with Crippen molar-refractivity contribution in [1.82, 2.24) is 5.32 Å². The molecular formula is C14H19ClN2O. The maximum absolute atomic E-state index is 12.1. The minimum atomic E-state index is -0.0938. The standard InChI is InChI=1S/C14H19ClN2O/c1-9-2-5-11(6-3-9)17-14(18)12-7-4-10(15)8-13(12)16/h4,7-9,11H,2-3,5-6,16H2,1H3,(H,17,18). The smallest absolute Gasteiger partial charge is 0.253 e. The van der Waals surface area contributed by atoms with Gasteiger partial charge >= 0.3 is 0 Å². The van der Waals surface area contributed by atoms with E-state index in [9.17, 15) is 4.79 Å². The molecule has 1 aliphatic rings. The van der Waals surface area contributed by atoms with E-state index >= 15 is 0 Å². The van der Waals surface area contributed by atoms with Crippen LogP contribution in [0, 0.1) is 5.92 Å². The van der Waals surface area contributed by atoms with E-state index < -0.39 is 0 Å². The van der Waals surface area contributed by atoms with E-state index in [4.69, 9.17) is 17.3 Å². The van der Waals surface area contributed by atoms with Crippen molar-refractivity contribution in [3.63, 3.8) is 0 Å². The summed E-state index contributed by atoms with van der Waals surface area (Å²) in [5.74, 6) is 0.683. The Morgan fingerprint density at radius 1 is 1.33 bits per heavy atom. The normalized spacial score (nSPS) is 23.7. The number of carbonyl (C=O) groups excluding carboxylic acids is 1. The lowest BCUT2D eigenvalue weighted by Crippen LogP contribution is -2.37. The minimum Gasteiger partial charge on any atom is -0.398 e. The van der Waals surface area contributed by atoms with Crippen LogP contribution in [0.1, 0.15) is 43.0 Å². The van der Waals surface area contributed by atoms with Gasteiger partial charge in [0, 0.05) is 16.8 Å². The van der Waals surface area contributed by atoms with Crippen LogP contribution in [0.25, 0.3) is 0 Å². The topological polar surface area (TPSA) is 55.1 Å². The first-order chi connectivity index (χ1) is 8.56. The number of anilines is 1. The zero-order chi connectivity index (χ0) is 13.1. The number of nitrogen functional groups attached to an aromatic ring is 1. The van der Waals surface area contributed by atoms with E-state index in [1.807, 2.05) is 0 Å². The van der Waals surface area contributed by atoms with Gasteiger partial charge < -0.3 is 11.1 Å². The fourth-order valence-corrected chi connectivity index (χ4v) is 2.59. The molecule has 0 saturated heterocycles. The van der Waals surface area contributed by atoms with Gasteiger partial charge in [-0.25, -0.2) is 0 Å². The lowest BCUT2D eigenvalue weighted by atomic mass is 9.87. The molecule has 0 spiro atoms. The minimum absolute atomic E-state index is 0.0938. The molecule has 3 nitrogen and oxygen atoms in total. The molecule has 4 heteroatoms. The number of nitrogens with one attached hydrogen (secondary N) is 1. The Kier molecular flexibility index (Phi) is 4.12. The highest BCUT2D eigenvalue weighted by Crippen LogP contribution is 2.24. The van der Waals surface area contributed by atoms with Crippen LogP contribution < -0.4 is 11.1 Å². The fraction of sp³-hybridized carbons (Fsp3) is 0.500. The number of hydrogen-bond acceptors (Lipinski definition) is 2. The number of benzene rings is 1. The highest BCUT2D eigenvalue weighted by molar-refractivity contribution is 6.31. The lowest BCUT2D eigenvalue weighted by molar-refractivity contribution is 0.0924. The second-order valence-electron chi connectivity index (χ2n) is 5.16. The van der Waals surface area contributed by atoms with Gasteiger partial charge in [-0.1, -0.05) is 18.5 Å². The predicted molar refractivity (Wildman–Crippen MR) is 74.8 cm³/mol. The van der Waals surface area contributed by atoms with Crippen LogP contribution in [0.15, 0.2) is 18.2 Å². The summed E-state index contributed by atoms with van der Waals surface area (Å²) in [6, 6.07) is 5.26. The third-order valence-electron chi connectivity index (χ3n) is 3.61. The molecule has 0 heterocycles. The Hall–Kier alpha value is -1.22. The van der Waals surface area contributed by atoms with Crippen molar-refractivity contribution in [2.45, 2.75) is 38.6 Å². The summed E-state index contributed by atoms with van der Waals surface area (Å²) >= 11 is 5.82. The highest BCUT2D eigenvalue weighted by Gasteiger charge is 2.21. The number of amides is 1. The quantitative estimate of drug-likeness (QED) is 0.808. The Labute approximate surface area is 113 Å². The van der Waals surface area contributed by atoms with Crippen LogP contribution in [-0.2, 0) is 0 Å². The molecule has 0 bridgehead atoms. The highest BCUT2D eigenvalue weighted by atomic mass is 35.5. The average molecular weight is 267 g/mol. The largest absolute Gasteiger partial charge is 0.398 e. The molecule has 0 radical (unpaired) electrons. The van der Waals surface area contributed by atoms with Crippen molar-refractivity contribution in [3.05, 3.63) is 28.8 Å². The van der Waals surface area contributed by atoms with Gasteiger partial charge in [0.05, 0.1) is 5.56 Å². The van der Waals surface area contributed by atoms with Crippen LogP contribution in [0.5, 0.6) is 0 Å². The fourth-order valence-electron chi connectivity index (χ4n) is 2.41. The van der Waals surface area contributed by atoms with E-state index in [2.05, 4.69) is 12.2 Å². The monoisotopic (exact) mass is 266 g/mol. The third-order valence-corrected chi connectivity index (χ3v) is 3.84. The summed E-state index contributed by atoms with van der Waals surface area (Å²) in [5, 5.41) is 3.61. The summed E-state index contributed by atoms with van der Waals surface area (Å²) in [5.41, 5.74) is 6.75. The van der Waals surface area contributed by atoms with E-state index in [-0.39, 0.29) is 11.9 Å². The van der Waals surface area contributed by atoms with Crippen molar-refractivity contribution in [2.24, 2.45) is 5.92 Å². The molecule has 1 saturated carbocycles. The van der Waals surface area contributed by atoms with Gasteiger partial charge in [-0.15, -0.1) is 0 Å². The Morgan fingerprint density at radius 3 is 2.61 bits per heavy atom. The first kappa shape index (κ1) is 13.2. The van der Waals surface area contributed by atoms with Gasteiger partial charge in [-0.2, -0.15) is 0 Å². The summed E-state index contributed by atoms with van der Waals surface area (Å²) in [6.45, 7) is 2.26. The van der Waals surface area contributed by atoms with E-state index in [1.54, 1.807) is 18.2 Å². The second kappa shape index (κ2) is 5.61. The Morgan fingerprint density at radius 2 is 2.00 bits per heavy atom. The zero-order valence-corrected chi connectivity index (χ0v) is 11.3. The molecule has 18 heavy (non-hydrogen) atoms. The van der Waals surface area contributed by atoms with Gasteiger partial charge in [0.2, 0.25) is 0 Å². The van der Waals surface area contributed by atoms with Crippen LogP contribution >= 0.6 is 11.6 Å². The van der Waals surface area contributed by atoms with E-state index in [0.717, 1.165) is 18.8 Å². The van der Waals surface area contributed by atoms with Crippen molar-refractivity contribution < 1.29 is 4.79 Å². The summed E-state index contributed by atoms with van der Waals surface area (Å²) in [4.78, 5) is 12.1. The number of nitrogens with two attached hydrogens (primary N) is 1. The first-order valence-electron chi connectivity index (χ1n) is 6.42. The molecule has 1 aromatic rings. The maximum Gasteiger partial charge on any atom is 0.253 e. The van der Waals surface area contributed by atoms with Crippen LogP contribution in [0.2, 0.25) is 5.02 Å². The number of hydrogen-bond donors (Lipinski definition) is 2. The molecule has 3 N–H and O–H groups in total. The third kappa shape index (κ3) is 3.16. The van der Waals surface area contributed by atoms with Crippen molar-refractivity contribution >= 4 is 23.2 Å². The molecule has 1 fully saturated rings. The second-order valence-corrected chi connectivity index (χ2v) is 5.60. The lowest BCUT2D eigenvalue weighted by Gasteiger charge is -2.27. The molecule has 1 amide bonds. The Bertz CT molecular complexity index is 439. The molecule has 98 valence electrons. The van der Waals surface area contributed by atoms with Crippen molar-refractivity contribution in [3.8, 4) is 0 Å². The molecule has 0 atom stereocenters. The SMILES string of the molecule is CC1CCC(NC(=O)c2ccc(Cl)cc2N)CC1. The van der Waals surface area contributed by atoms with E-state index in [1.165, 1.54) is 12.8 Å². The van der Waals surface area contributed by atoms with Gasteiger partial charge in [-0.05, 0) is 49.8 Å². The molecule has 0 unspecified atom stereocenters. The molecule has 1 aliphatic carbocycles. The van der Waals surface area contributed by atoms with Gasteiger partial charge in [0.1, 0.15) is 0 Å². The molecule has 0 aliphatic heterocycles. The Balaban J connectivity index is 1.99. The van der Waals surface area contributed by atoms with Gasteiger partial charge in [0.15, 0.2) is 0 Å². The van der Waals surface area contributed by atoms with Gasteiger partial charge in [0.25, 0.3) is 5.91 Å². The predicted octanol–water partition coefficient (Wildman–Crippen LogP) is 3.23.